The van der Waals surface area contributed by atoms with Gasteiger partial charge in [-0.1, -0.05) is 19.6 Å². The summed E-state index contributed by atoms with van der Waals surface area (Å²) in [6.45, 7) is 5.05. The van der Waals surface area contributed by atoms with E-state index in [9.17, 15) is 26.4 Å². The van der Waals surface area contributed by atoms with Crippen LogP contribution in [0.5, 0.6) is 0 Å². The second-order valence-electron chi connectivity index (χ2n) is 6.99. The fourth-order valence-electron chi connectivity index (χ4n) is 3.23. The zero-order valence-electron chi connectivity index (χ0n) is 15.8. The van der Waals surface area contributed by atoms with Crippen LogP contribution in [0.15, 0.2) is 40.8 Å². The molecule has 0 bridgehead atoms. The van der Waals surface area contributed by atoms with Crippen molar-refractivity contribution in [2.45, 2.75) is 36.9 Å². The molecule has 7 nitrogen and oxygen atoms in total. The maximum absolute atomic E-state index is 13.5. The first-order valence-electron chi connectivity index (χ1n) is 9.14. The Balaban J connectivity index is 2.00. The zero-order chi connectivity index (χ0) is 21.8. The lowest BCUT2D eigenvalue weighted by atomic mass is 10.2. The van der Waals surface area contributed by atoms with E-state index in [0.29, 0.717) is 18.4 Å². The minimum absolute atomic E-state index is 0.00333. The second kappa shape index (κ2) is 6.79. The van der Waals surface area contributed by atoms with E-state index in [1.807, 2.05) is 0 Å². The van der Waals surface area contributed by atoms with Gasteiger partial charge in [0.1, 0.15) is 22.7 Å². The van der Waals surface area contributed by atoms with Gasteiger partial charge in [-0.3, -0.25) is 14.0 Å². The first-order valence-corrected chi connectivity index (χ1v) is 10.8. The standard InChI is InChI=1S/C19H17F3N4O3S/c1-3-11-7-14(30(28,29)4-2)17(23-9-11)13-10-25-16(24-13)8-15(19(20,21)22)26(18(25)27)12-5-6-12/h3,7-10,12H,1,4-6H2,2H3. The van der Waals surface area contributed by atoms with Gasteiger partial charge < -0.3 is 0 Å². The van der Waals surface area contributed by atoms with Crippen LogP contribution in [0.4, 0.5) is 13.2 Å². The van der Waals surface area contributed by atoms with Crippen molar-refractivity contribution in [2.24, 2.45) is 0 Å². The highest BCUT2D eigenvalue weighted by Gasteiger charge is 2.40. The number of pyridine rings is 1. The Bertz CT molecular complexity index is 1340. The lowest BCUT2D eigenvalue weighted by Crippen LogP contribution is -2.31. The molecule has 0 atom stereocenters. The van der Waals surface area contributed by atoms with E-state index >= 15 is 0 Å². The number of halogens is 3. The normalized spacial score (nSPS) is 14.9. The molecular formula is C19H17F3N4O3S. The van der Waals surface area contributed by atoms with Crippen LogP contribution in [-0.4, -0.2) is 33.1 Å². The van der Waals surface area contributed by atoms with E-state index in [1.165, 1.54) is 31.5 Å². The average Bonchev–Trinajstić information content (AvgIpc) is 3.44. The molecule has 3 heterocycles. The van der Waals surface area contributed by atoms with Crippen LogP contribution in [0, 0.1) is 0 Å². The molecule has 30 heavy (non-hydrogen) atoms. The van der Waals surface area contributed by atoms with E-state index in [4.69, 9.17) is 0 Å². The Kier molecular flexibility index (Phi) is 4.60. The summed E-state index contributed by atoms with van der Waals surface area (Å²) < 4.78 is 67.4. The molecule has 158 valence electrons. The van der Waals surface area contributed by atoms with Crippen molar-refractivity contribution in [2.75, 3.05) is 5.75 Å². The van der Waals surface area contributed by atoms with Gasteiger partial charge in [-0.25, -0.2) is 18.2 Å². The van der Waals surface area contributed by atoms with Gasteiger partial charge >= 0.3 is 11.9 Å². The van der Waals surface area contributed by atoms with E-state index < -0.39 is 33.4 Å². The number of aromatic nitrogens is 4. The quantitative estimate of drug-likeness (QED) is 0.610. The van der Waals surface area contributed by atoms with Gasteiger partial charge in [0.15, 0.2) is 9.84 Å². The highest BCUT2D eigenvalue weighted by molar-refractivity contribution is 7.91. The fourth-order valence-corrected chi connectivity index (χ4v) is 4.31. The SMILES string of the molecule is C=Cc1cnc(-c2cn3c(=O)n(C4CC4)c(C(F)(F)F)cc3n2)c(S(=O)(=O)CC)c1. The molecule has 1 aliphatic carbocycles. The monoisotopic (exact) mass is 438 g/mol. The summed E-state index contributed by atoms with van der Waals surface area (Å²) in [6, 6.07) is 1.67. The van der Waals surface area contributed by atoms with E-state index in [0.717, 1.165) is 15.0 Å². The first kappa shape index (κ1) is 20.3. The molecule has 1 saturated carbocycles. The number of rotatable bonds is 5. The molecule has 0 unspecified atom stereocenters. The van der Waals surface area contributed by atoms with Gasteiger partial charge in [0.25, 0.3) is 0 Å². The van der Waals surface area contributed by atoms with Crippen molar-refractivity contribution in [3.8, 4) is 11.4 Å². The van der Waals surface area contributed by atoms with Crippen LogP contribution in [-0.2, 0) is 16.0 Å². The molecule has 0 saturated heterocycles. The zero-order valence-corrected chi connectivity index (χ0v) is 16.7. The summed E-state index contributed by atoms with van der Waals surface area (Å²) in [5, 5.41) is 0. The van der Waals surface area contributed by atoms with Crippen molar-refractivity contribution in [1.29, 1.82) is 0 Å². The highest BCUT2D eigenvalue weighted by Crippen LogP contribution is 2.39. The number of imidazole rings is 1. The Morgan fingerprint density at radius 2 is 2.00 bits per heavy atom. The average molecular weight is 438 g/mol. The van der Waals surface area contributed by atoms with Crippen molar-refractivity contribution in [1.82, 2.24) is 18.9 Å². The van der Waals surface area contributed by atoms with Gasteiger partial charge in [0.05, 0.1) is 10.6 Å². The van der Waals surface area contributed by atoms with E-state index in [1.54, 1.807) is 0 Å². The summed E-state index contributed by atoms with van der Waals surface area (Å²) in [5.74, 6) is -0.206. The molecule has 4 rings (SSSR count). The summed E-state index contributed by atoms with van der Waals surface area (Å²) in [7, 11) is -3.72. The van der Waals surface area contributed by atoms with Gasteiger partial charge in [0.2, 0.25) is 0 Å². The van der Waals surface area contributed by atoms with Crippen molar-refractivity contribution >= 4 is 21.6 Å². The summed E-state index contributed by atoms with van der Waals surface area (Å²) in [5.41, 5.74) is -1.74. The fraction of sp³-hybridized carbons (Fsp3) is 0.316. The Labute approximate surface area is 169 Å². The Morgan fingerprint density at radius 1 is 1.30 bits per heavy atom. The van der Waals surface area contributed by atoms with E-state index in [-0.39, 0.29) is 27.7 Å². The molecule has 0 spiro atoms. The van der Waals surface area contributed by atoms with Crippen molar-refractivity contribution in [3.05, 3.63) is 52.8 Å². The van der Waals surface area contributed by atoms with Crippen LogP contribution in [0.3, 0.4) is 0 Å². The highest BCUT2D eigenvalue weighted by atomic mass is 32.2. The molecule has 0 radical (unpaired) electrons. The molecule has 11 heteroatoms. The third-order valence-electron chi connectivity index (χ3n) is 4.94. The lowest BCUT2D eigenvalue weighted by molar-refractivity contribution is -0.144. The Hall–Kier alpha value is -2.95. The first-order chi connectivity index (χ1) is 14.1. The molecule has 1 fully saturated rings. The van der Waals surface area contributed by atoms with Crippen LogP contribution in [0.25, 0.3) is 23.1 Å². The number of nitrogens with zero attached hydrogens (tertiary/aromatic N) is 4. The van der Waals surface area contributed by atoms with Crippen LogP contribution < -0.4 is 5.69 Å². The van der Waals surface area contributed by atoms with E-state index in [2.05, 4.69) is 16.5 Å². The molecular weight excluding hydrogens is 421 g/mol. The summed E-state index contributed by atoms with van der Waals surface area (Å²) in [4.78, 5) is 20.9. The topological polar surface area (TPSA) is 86.3 Å². The molecule has 0 N–H and O–H groups in total. The van der Waals surface area contributed by atoms with Crippen molar-refractivity contribution in [3.63, 3.8) is 0 Å². The third kappa shape index (κ3) is 3.32. The second-order valence-corrected chi connectivity index (χ2v) is 9.24. The molecule has 1 aliphatic rings. The molecule has 3 aromatic rings. The van der Waals surface area contributed by atoms with Crippen LogP contribution in [0.2, 0.25) is 0 Å². The van der Waals surface area contributed by atoms with Gasteiger partial charge in [0, 0.05) is 24.5 Å². The number of fused-ring (bicyclic) bond motifs is 1. The smallest absolute Gasteiger partial charge is 0.286 e. The van der Waals surface area contributed by atoms with Gasteiger partial charge in [-0.2, -0.15) is 13.2 Å². The minimum Gasteiger partial charge on any atom is -0.286 e. The van der Waals surface area contributed by atoms with Gasteiger partial charge in [-0.05, 0) is 24.5 Å². The minimum atomic E-state index is -4.73. The largest absolute Gasteiger partial charge is 0.431 e. The lowest BCUT2D eigenvalue weighted by Gasteiger charge is -2.14. The third-order valence-corrected chi connectivity index (χ3v) is 6.68. The maximum Gasteiger partial charge on any atom is 0.431 e. The van der Waals surface area contributed by atoms with Crippen LogP contribution >= 0.6 is 0 Å². The van der Waals surface area contributed by atoms with Gasteiger partial charge in [-0.15, -0.1) is 0 Å². The summed E-state index contributed by atoms with van der Waals surface area (Å²) >= 11 is 0. The number of hydrogen-bond acceptors (Lipinski definition) is 5. The molecule has 0 aliphatic heterocycles. The predicted molar refractivity (Wildman–Crippen MR) is 104 cm³/mol. The summed E-state index contributed by atoms with van der Waals surface area (Å²) in [6.07, 6.45) is 0.278. The number of hydrogen-bond donors (Lipinski definition) is 0. The maximum atomic E-state index is 13.5. The van der Waals surface area contributed by atoms with Crippen molar-refractivity contribution < 1.29 is 21.6 Å². The molecule has 3 aromatic heterocycles. The molecule has 0 amide bonds. The number of alkyl halides is 3. The Morgan fingerprint density at radius 3 is 2.57 bits per heavy atom. The van der Waals surface area contributed by atoms with Crippen LogP contribution in [0.1, 0.15) is 37.1 Å². The number of sulfone groups is 1. The predicted octanol–water partition coefficient (Wildman–Crippen LogP) is 3.35. The molecule has 0 aromatic carbocycles.